The third-order valence-corrected chi connectivity index (χ3v) is 10.3. The summed E-state index contributed by atoms with van der Waals surface area (Å²) in [4.78, 5) is 44.7. The van der Waals surface area contributed by atoms with Crippen molar-refractivity contribution in [2.45, 2.75) is 19.2 Å². The molecule has 8 nitrogen and oxygen atoms in total. The predicted molar refractivity (Wildman–Crippen MR) is 183 cm³/mol. The van der Waals surface area contributed by atoms with Gasteiger partial charge in [0, 0.05) is 46.1 Å². The number of aliphatic hydroxyl groups is 1. The molecule has 3 amide bonds. The maximum absolute atomic E-state index is 14.0. The highest BCUT2D eigenvalue weighted by molar-refractivity contribution is 6.39. The van der Waals surface area contributed by atoms with E-state index in [1.165, 1.54) is 9.80 Å². The highest BCUT2D eigenvalue weighted by Crippen LogP contribution is 2.47. The SMILES string of the molecule is COC1=CCC(CN2C(=O)c3ccc4c5ccc6c7c(ccc(c8ccc(c3c48)C2=O)c75)C(O)N(Cc2ccc(OC)cc2)C6=O)C=C1. The number of benzene rings is 6. The maximum atomic E-state index is 14.0. The van der Waals surface area contributed by atoms with Crippen molar-refractivity contribution in [3.63, 3.8) is 0 Å². The lowest BCUT2D eigenvalue weighted by Crippen LogP contribution is -2.43. The Morgan fingerprint density at radius 3 is 1.83 bits per heavy atom. The number of methoxy groups -OCH3 is 2. The summed E-state index contributed by atoms with van der Waals surface area (Å²) in [6.45, 7) is 0.523. The number of carbonyl (C=O) groups excluding carboxylic acids is 3. The lowest BCUT2D eigenvalue weighted by Gasteiger charge is -2.35. The lowest BCUT2D eigenvalue weighted by molar-refractivity contribution is 0.000886. The molecule has 6 aromatic rings. The van der Waals surface area contributed by atoms with Crippen LogP contribution in [0.25, 0.3) is 43.1 Å². The fourth-order valence-corrected chi connectivity index (χ4v) is 7.90. The molecular formula is C40H30N2O6. The van der Waals surface area contributed by atoms with Gasteiger partial charge in [-0.05, 0) is 92.7 Å². The van der Waals surface area contributed by atoms with Crippen molar-refractivity contribution in [2.24, 2.45) is 5.92 Å². The highest BCUT2D eigenvalue weighted by Gasteiger charge is 2.37. The van der Waals surface area contributed by atoms with Crippen molar-refractivity contribution in [2.75, 3.05) is 20.8 Å². The van der Waals surface area contributed by atoms with E-state index >= 15 is 0 Å². The Balaban J connectivity index is 1.17. The number of ether oxygens (including phenoxy) is 2. The van der Waals surface area contributed by atoms with Gasteiger partial charge >= 0.3 is 0 Å². The minimum absolute atomic E-state index is 0.00268. The van der Waals surface area contributed by atoms with Gasteiger partial charge in [-0.3, -0.25) is 19.3 Å². The van der Waals surface area contributed by atoms with E-state index in [0.29, 0.717) is 34.1 Å². The molecule has 6 aromatic carbocycles. The Labute approximate surface area is 275 Å². The molecule has 236 valence electrons. The van der Waals surface area contributed by atoms with Crippen LogP contribution in [0, 0.1) is 5.92 Å². The standard InChI is InChI=1S/C40H30N2O6/c1-47-23-7-3-21(4-8-23)19-41-37(43)29-15-11-25-27-13-17-31-36-32(40(46)42(39(31)45)20-22-5-9-24(48-2)10-6-22)18-14-28(34(27)36)26-12-16-30(38(41)44)35(29)33(25)26/h3-5,7-18,22,37,43H,6,19-20H2,1-2H3. The number of hydrogen-bond acceptors (Lipinski definition) is 6. The Morgan fingerprint density at radius 2 is 1.27 bits per heavy atom. The summed E-state index contributed by atoms with van der Waals surface area (Å²) < 4.78 is 10.6. The molecule has 0 fully saturated rings. The summed E-state index contributed by atoms with van der Waals surface area (Å²) >= 11 is 0. The zero-order valence-corrected chi connectivity index (χ0v) is 26.3. The zero-order chi connectivity index (χ0) is 32.8. The van der Waals surface area contributed by atoms with Crippen LogP contribution in [0.4, 0.5) is 0 Å². The van der Waals surface area contributed by atoms with Crippen LogP contribution in [0.5, 0.6) is 5.75 Å². The van der Waals surface area contributed by atoms with E-state index in [1.54, 1.807) is 14.2 Å². The molecule has 2 heterocycles. The van der Waals surface area contributed by atoms with E-state index in [9.17, 15) is 19.5 Å². The van der Waals surface area contributed by atoms with Crippen LogP contribution in [0.1, 0.15) is 54.8 Å². The number of aliphatic hydroxyl groups excluding tert-OH is 1. The van der Waals surface area contributed by atoms with Crippen LogP contribution < -0.4 is 4.74 Å². The largest absolute Gasteiger partial charge is 0.497 e. The third kappa shape index (κ3) is 3.89. The first-order valence-corrected chi connectivity index (χ1v) is 16.0. The Morgan fingerprint density at radius 1 is 0.688 bits per heavy atom. The minimum Gasteiger partial charge on any atom is -0.497 e. The first-order chi connectivity index (χ1) is 23.4. The predicted octanol–water partition coefficient (Wildman–Crippen LogP) is 7.10. The zero-order valence-electron chi connectivity index (χ0n) is 26.3. The molecule has 3 aliphatic rings. The highest BCUT2D eigenvalue weighted by atomic mass is 16.5. The van der Waals surface area contributed by atoms with E-state index in [2.05, 4.69) is 0 Å². The van der Waals surface area contributed by atoms with E-state index in [4.69, 9.17) is 9.47 Å². The van der Waals surface area contributed by atoms with Crippen LogP contribution in [-0.2, 0) is 11.3 Å². The summed E-state index contributed by atoms with van der Waals surface area (Å²) in [6, 6.07) is 22.7. The Hall–Kier alpha value is -5.73. The van der Waals surface area contributed by atoms with Crippen molar-refractivity contribution in [1.29, 1.82) is 0 Å². The summed E-state index contributed by atoms with van der Waals surface area (Å²) in [6.07, 6.45) is 5.39. The molecule has 0 radical (unpaired) electrons. The van der Waals surface area contributed by atoms with Gasteiger partial charge in [-0.2, -0.15) is 0 Å². The Kier molecular flexibility index (Phi) is 6.17. The first-order valence-electron chi connectivity index (χ1n) is 16.0. The molecule has 0 bridgehead atoms. The van der Waals surface area contributed by atoms with Gasteiger partial charge in [0.05, 0.1) is 14.2 Å². The smallest absolute Gasteiger partial charge is 0.261 e. The average Bonchev–Trinajstić information content (AvgIpc) is 3.13. The summed E-state index contributed by atoms with van der Waals surface area (Å²) in [5.74, 6) is 0.654. The molecule has 2 unspecified atom stereocenters. The molecule has 0 saturated carbocycles. The van der Waals surface area contributed by atoms with Gasteiger partial charge in [0.15, 0.2) is 6.23 Å². The molecule has 0 aromatic heterocycles. The molecule has 2 atom stereocenters. The minimum atomic E-state index is -1.13. The van der Waals surface area contributed by atoms with Crippen molar-refractivity contribution >= 4 is 60.8 Å². The van der Waals surface area contributed by atoms with Crippen LogP contribution in [0.3, 0.4) is 0 Å². The van der Waals surface area contributed by atoms with Crippen molar-refractivity contribution in [3.8, 4) is 5.75 Å². The van der Waals surface area contributed by atoms with Gasteiger partial charge in [-0.1, -0.05) is 48.5 Å². The topological polar surface area (TPSA) is 96.4 Å². The second-order valence-electron chi connectivity index (χ2n) is 12.7. The van der Waals surface area contributed by atoms with Crippen LogP contribution in [0.15, 0.2) is 96.8 Å². The number of imide groups is 1. The van der Waals surface area contributed by atoms with Crippen molar-refractivity contribution in [1.82, 2.24) is 9.80 Å². The fourth-order valence-electron chi connectivity index (χ4n) is 7.90. The van der Waals surface area contributed by atoms with E-state index in [0.717, 1.165) is 54.8 Å². The summed E-state index contributed by atoms with van der Waals surface area (Å²) in [7, 11) is 3.23. The molecular weight excluding hydrogens is 604 g/mol. The molecule has 0 spiro atoms. The molecule has 1 aliphatic carbocycles. The average molecular weight is 635 g/mol. The Bertz CT molecular complexity index is 2370. The van der Waals surface area contributed by atoms with E-state index in [-0.39, 0.29) is 36.7 Å². The molecule has 9 rings (SSSR count). The molecule has 0 saturated heterocycles. The molecule has 2 aliphatic heterocycles. The maximum Gasteiger partial charge on any atom is 0.261 e. The number of fused-ring (bicyclic) bond motifs is 2. The summed E-state index contributed by atoms with van der Waals surface area (Å²) in [5.41, 5.74) is 3.08. The van der Waals surface area contributed by atoms with Crippen LogP contribution in [0.2, 0.25) is 0 Å². The monoisotopic (exact) mass is 634 g/mol. The van der Waals surface area contributed by atoms with Gasteiger partial charge in [0.1, 0.15) is 11.5 Å². The van der Waals surface area contributed by atoms with E-state index in [1.807, 2.05) is 91.0 Å². The molecule has 8 heteroatoms. The number of amides is 3. The second-order valence-corrected chi connectivity index (χ2v) is 12.7. The van der Waals surface area contributed by atoms with Gasteiger partial charge in [0.25, 0.3) is 17.7 Å². The van der Waals surface area contributed by atoms with E-state index < -0.39 is 6.23 Å². The number of nitrogens with zero attached hydrogens (tertiary/aromatic N) is 2. The first kappa shape index (κ1) is 28.5. The summed E-state index contributed by atoms with van der Waals surface area (Å²) in [5, 5.41) is 18.4. The van der Waals surface area contributed by atoms with Gasteiger partial charge in [0.2, 0.25) is 0 Å². The number of carbonyl (C=O) groups is 3. The van der Waals surface area contributed by atoms with Crippen molar-refractivity contribution in [3.05, 3.63) is 125 Å². The number of rotatable bonds is 6. The quantitative estimate of drug-likeness (QED) is 0.119. The third-order valence-electron chi connectivity index (χ3n) is 10.3. The molecule has 48 heavy (non-hydrogen) atoms. The van der Waals surface area contributed by atoms with Gasteiger partial charge in [-0.15, -0.1) is 0 Å². The molecule has 1 N–H and O–H groups in total. The lowest BCUT2D eigenvalue weighted by atomic mass is 9.82. The van der Waals surface area contributed by atoms with Gasteiger partial charge in [-0.25, -0.2) is 0 Å². The number of allylic oxidation sites excluding steroid dienone is 2. The normalized spacial score (nSPS) is 18.9. The number of hydrogen-bond donors (Lipinski definition) is 1. The fraction of sp³-hybridized carbons (Fsp3) is 0.175. The second kappa shape index (κ2) is 10.4. The van der Waals surface area contributed by atoms with Crippen LogP contribution >= 0.6 is 0 Å². The van der Waals surface area contributed by atoms with Gasteiger partial charge < -0.3 is 19.5 Å². The van der Waals surface area contributed by atoms with Crippen molar-refractivity contribution < 1.29 is 29.0 Å². The van der Waals surface area contributed by atoms with Crippen LogP contribution in [-0.4, -0.2) is 53.4 Å².